The fourth-order valence-corrected chi connectivity index (χ4v) is 6.64. The van der Waals surface area contributed by atoms with E-state index in [1.54, 1.807) is 30.3 Å². The van der Waals surface area contributed by atoms with Crippen LogP contribution < -0.4 is 4.18 Å². The molecular weight excluding hydrogens is 486 g/mol. The molecular formula is C27H26ClNO5S. The first-order chi connectivity index (χ1) is 16.8. The summed E-state index contributed by atoms with van der Waals surface area (Å²) in [6.45, 7) is 2.68. The van der Waals surface area contributed by atoms with Gasteiger partial charge in [-0.3, -0.25) is 9.59 Å². The Balaban J connectivity index is 1.72. The standard InChI is InChI=1S/C27H26ClNO5S/c1-2-29-20-10-6-12-22(30)26(20)25(27-21(29)11-7-13-23(27)31)19-16-17(28)14-15-24(19)34-35(32,33)18-8-4-3-5-9-18/h3-5,8-9,14-16,25H,2,6-7,10-13H2,1H3. The van der Waals surface area contributed by atoms with Gasteiger partial charge in [-0.15, -0.1) is 0 Å². The van der Waals surface area contributed by atoms with Gasteiger partial charge in [-0.1, -0.05) is 29.8 Å². The molecule has 0 N–H and O–H groups in total. The van der Waals surface area contributed by atoms with Crippen LogP contribution in [0.3, 0.4) is 0 Å². The molecule has 2 aromatic rings. The van der Waals surface area contributed by atoms with Crippen molar-refractivity contribution in [1.82, 2.24) is 4.90 Å². The van der Waals surface area contributed by atoms with Gasteiger partial charge in [0.2, 0.25) is 0 Å². The molecule has 0 amide bonds. The van der Waals surface area contributed by atoms with Crippen molar-refractivity contribution in [3.63, 3.8) is 0 Å². The second-order valence-electron chi connectivity index (χ2n) is 8.98. The third kappa shape index (κ3) is 4.21. The van der Waals surface area contributed by atoms with Crippen LogP contribution in [0.1, 0.15) is 56.9 Å². The second kappa shape index (κ2) is 9.28. The molecule has 6 nitrogen and oxygen atoms in total. The topological polar surface area (TPSA) is 80.8 Å². The SMILES string of the molecule is CCN1C2=C(C(=O)CCC2)C(c2cc(Cl)ccc2OS(=O)(=O)c2ccccc2)C2=C1CCCC2=O. The lowest BCUT2D eigenvalue weighted by Crippen LogP contribution is -2.39. The largest absolute Gasteiger partial charge is 0.379 e. The molecule has 0 spiro atoms. The minimum Gasteiger partial charge on any atom is -0.379 e. The molecule has 0 saturated heterocycles. The zero-order chi connectivity index (χ0) is 24.7. The molecule has 0 unspecified atom stereocenters. The van der Waals surface area contributed by atoms with Crippen LogP contribution >= 0.6 is 11.6 Å². The zero-order valence-electron chi connectivity index (χ0n) is 19.4. The molecule has 1 aliphatic heterocycles. The molecule has 1 heterocycles. The highest BCUT2D eigenvalue weighted by Crippen LogP contribution is 2.51. The number of nitrogens with zero attached hydrogens (tertiary/aromatic N) is 1. The molecule has 0 bridgehead atoms. The Hall–Kier alpha value is -2.90. The number of Topliss-reactive ketones (excluding diaryl/α,β-unsaturated/α-hetero) is 2. The molecule has 35 heavy (non-hydrogen) atoms. The Bertz CT molecular complexity index is 1330. The smallest absolute Gasteiger partial charge is 0.339 e. The summed E-state index contributed by atoms with van der Waals surface area (Å²) in [5, 5.41) is 0.373. The van der Waals surface area contributed by atoms with E-state index in [0.29, 0.717) is 41.1 Å². The summed E-state index contributed by atoms with van der Waals surface area (Å²) in [7, 11) is -4.14. The maximum atomic E-state index is 13.3. The van der Waals surface area contributed by atoms with Gasteiger partial charge < -0.3 is 9.08 Å². The van der Waals surface area contributed by atoms with Crippen molar-refractivity contribution < 1.29 is 22.2 Å². The molecule has 3 aliphatic rings. The van der Waals surface area contributed by atoms with Crippen molar-refractivity contribution >= 4 is 33.3 Å². The van der Waals surface area contributed by atoms with E-state index in [9.17, 15) is 18.0 Å². The molecule has 0 aromatic heterocycles. The first-order valence-corrected chi connectivity index (χ1v) is 13.7. The van der Waals surface area contributed by atoms with Crippen LogP contribution in [0.5, 0.6) is 5.75 Å². The van der Waals surface area contributed by atoms with E-state index >= 15 is 0 Å². The van der Waals surface area contributed by atoms with Crippen molar-refractivity contribution in [3.05, 3.63) is 81.7 Å². The maximum absolute atomic E-state index is 13.3. The van der Waals surface area contributed by atoms with Crippen LogP contribution in [0.2, 0.25) is 5.02 Å². The first-order valence-electron chi connectivity index (χ1n) is 11.9. The lowest BCUT2D eigenvalue weighted by Gasteiger charge is -2.43. The van der Waals surface area contributed by atoms with E-state index in [-0.39, 0.29) is 22.2 Å². The van der Waals surface area contributed by atoms with Crippen molar-refractivity contribution in [3.8, 4) is 5.75 Å². The molecule has 0 fully saturated rings. The van der Waals surface area contributed by atoms with E-state index in [1.807, 2.05) is 6.92 Å². The number of allylic oxidation sites excluding steroid dienone is 4. The Morgan fingerprint density at radius 3 is 2.09 bits per heavy atom. The minimum absolute atomic E-state index is 0.0172. The Kier molecular flexibility index (Phi) is 6.32. The fourth-order valence-electron chi connectivity index (χ4n) is 5.48. The lowest BCUT2D eigenvalue weighted by atomic mass is 9.70. The normalized spacial score (nSPS) is 19.1. The third-order valence-corrected chi connectivity index (χ3v) is 8.40. The summed E-state index contributed by atoms with van der Waals surface area (Å²) in [6.07, 6.45) is 3.74. The van der Waals surface area contributed by atoms with E-state index in [0.717, 1.165) is 37.1 Å². The number of carbonyl (C=O) groups is 2. The Labute approximate surface area is 210 Å². The van der Waals surface area contributed by atoms with Crippen LogP contribution in [0.25, 0.3) is 0 Å². The first kappa shape index (κ1) is 23.8. The van der Waals surface area contributed by atoms with Gasteiger partial charge in [0.05, 0.1) is 0 Å². The highest BCUT2D eigenvalue weighted by atomic mass is 35.5. The average Bonchev–Trinajstić information content (AvgIpc) is 2.85. The predicted octanol–water partition coefficient (Wildman–Crippen LogP) is 5.54. The van der Waals surface area contributed by atoms with E-state index in [4.69, 9.17) is 15.8 Å². The van der Waals surface area contributed by atoms with Crippen molar-refractivity contribution in [2.24, 2.45) is 0 Å². The van der Waals surface area contributed by atoms with Crippen molar-refractivity contribution in [1.29, 1.82) is 0 Å². The third-order valence-electron chi connectivity index (χ3n) is 6.92. The highest BCUT2D eigenvalue weighted by Gasteiger charge is 2.44. The number of hydrogen-bond acceptors (Lipinski definition) is 6. The Morgan fingerprint density at radius 1 is 0.914 bits per heavy atom. The lowest BCUT2D eigenvalue weighted by molar-refractivity contribution is -0.117. The van der Waals surface area contributed by atoms with Gasteiger partial charge in [-0.25, -0.2) is 0 Å². The van der Waals surface area contributed by atoms with Gasteiger partial charge in [0.1, 0.15) is 10.6 Å². The van der Waals surface area contributed by atoms with E-state index in [2.05, 4.69) is 4.90 Å². The second-order valence-corrected chi connectivity index (χ2v) is 11.0. The van der Waals surface area contributed by atoms with Crippen LogP contribution in [0.15, 0.2) is 76.0 Å². The van der Waals surface area contributed by atoms with Crippen molar-refractivity contribution in [2.75, 3.05) is 6.54 Å². The summed E-state index contributed by atoms with van der Waals surface area (Å²) >= 11 is 6.39. The summed E-state index contributed by atoms with van der Waals surface area (Å²) in [6, 6.07) is 12.6. The fraction of sp³-hybridized carbons (Fsp3) is 0.333. The molecule has 5 rings (SSSR count). The van der Waals surface area contributed by atoms with E-state index in [1.165, 1.54) is 18.2 Å². The van der Waals surface area contributed by atoms with Gasteiger partial charge in [0, 0.05) is 58.4 Å². The molecule has 182 valence electrons. The summed E-state index contributed by atoms with van der Waals surface area (Å²) in [4.78, 5) is 28.8. The van der Waals surface area contributed by atoms with Gasteiger partial charge in [-0.05, 0) is 62.9 Å². The highest BCUT2D eigenvalue weighted by molar-refractivity contribution is 7.87. The van der Waals surface area contributed by atoms with Gasteiger partial charge in [-0.2, -0.15) is 8.42 Å². The summed E-state index contributed by atoms with van der Waals surface area (Å²) in [5.74, 6) is -0.667. The number of rotatable bonds is 5. The number of ketones is 2. The van der Waals surface area contributed by atoms with Gasteiger partial charge in [0.15, 0.2) is 11.6 Å². The number of halogens is 1. The molecule has 0 radical (unpaired) electrons. The molecule has 2 aromatic carbocycles. The summed E-state index contributed by atoms with van der Waals surface area (Å²) < 4.78 is 31.8. The average molecular weight is 512 g/mol. The molecule has 2 aliphatic carbocycles. The quantitative estimate of drug-likeness (QED) is 0.490. The number of hydrogen-bond donors (Lipinski definition) is 0. The molecule has 0 atom stereocenters. The minimum atomic E-state index is -4.14. The summed E-state index contributed by atoms with van der Waals surface area (Å²) in [5.41, 5.74) is 3.42. The van der Waals surface area contributed by atoms with Crippen molar-refractivity contribution in [2.45, 2.75) is 56.3 Å². The van der Waals surface area contributed by atoms with Gasteiger partial charge in [0.25, 0.3) is 0 Å². The van der Waals surface area contributed by atoms with Crippen LogP contribution in [0, 0.1) is 0 Å². The zero-order valence-corrected chi connectivity index (χ0v) is 21.0. The van der Waals surface area contributed by atoms with E-state index < -0.39 is 16.0 Å². The predicted molar refractivity (Wildman–Crippen MR) is 133 cm³/mol. The molecule has 8 heteroatoms. The Morgan fingerprint density at radius 2 is 1.51 bits per heavy atom. The monoisotopic (exact) mass is 511 g/mol. The number of benzene rings is 2. The number of carbonyl (C=O) groups excluding carboxylic acids is 2. The van der Waals surface area contributed by atoms with Gasteiger partial charge >= 0.3 is 10.1 Å². The van der Waals surface area contributed by atoms with Crippen LogP contribution in [-0.2, 0) is 19.7 Å². The van der Waals surface area contributed by atoms with Crippen LogP contribution in [-0.4, -0.2) is 31.4 Å². The maximum Gasteiger partial charge on any atom is 0.339 e. The molecule has 0 saturated carbocycles. The van der Waals surface area contributed by atoms with Crippen LogP contribution in [0.4, 0.5) is 0 Å².